The molecule has 0 aromatic heterocycles. The van der Waals surface area contributed by atoms with Crippen LogP contribution in [0.3, 0.4) is 0 Å². The zero-order valence-corrected chi connectivity index (χ0v) is 16.6. The molecule has 0 saturated carbocycles. The predicted octanol–water partition coefficient (Wildman–Crippen LogP) is 1.22. The van der Waals surface area contributed by atoms with Crippen molar-refractivity contribution in [2.75, 3.05) is 0 Å². The van der Waals surface area contributed by atoms with Crippen LogP contribution in [0.5, 0.6) is 0 Å². The monoisotopic (exact) mass is 400 g/mol. The molecule has 0 bridgehead atoms. The maximum absolute atomic E-state index is 9.26. The Morgan fingerprint density at radius 2 is 1.63 bits per heavy atom. The van der Waals surface area contributed by atoms with Gasteiger partial charge in [0, 0.05) is 5.54 Å². The van der Waals surface area contributed by atoms with Crippen molar-refractivity contribution in [3.05, 3.63) is 19.9 Å². The molecule has 0 radical (unpaired) electrons. The normalized spacial score (nSPS) is 13.5. The Bertz CT molecular complexity index is 458. The zero-order chi connectivity index (χ0) is 15.3. The summed E-state index contributed by atoms with van der Waals surface area (Å²) < 4.78 is 1.18. The third-order valence-electron chi connectivity index (χ3n) is 2.18. The fourth-order valence-electron chi connectivity index (χ4n) is 1.31. The van der Waals surface area contributed by atoms with Crippen molar-refractivity contribution in [2.24, 2.45) is 11.5 Å². The van der Waals surface area contributed by atoms with E-state index in [2.05, 4.69) is 32.4 Å². The molecule has 4 N–H and O–H groups in total. The van der Waals surface area contributed by atoms with Crippen LogP contribution in [-0.2, 0) is 0 Å². The highest BCUT2D eigenvalue weighted by Gasteiger charge is 2.27. The minimum absolute atomic E-state index is 0.212. The first-order chi connectivity index (χ1) is 8.50. The number of hydrogen-bond donors (Lipinski definition) is 2. The second-order valence-electron chi connectivity index (χ2n) is 5.86. The topological polar surface area (TPSA) is 99.6 Å². The first-order valence-corrected chi connectivity index (χ1v) is 12.8. The van der Waals surface area contributed by atoms with E-state index in [9.17, 15) is 10.5 Å². The van der Waals surface area contributed by atoms with Crippen LogP contribution in [-0.4, -0.2) is 36.0 Å². The molecule has 0 aromatic carbocycles. The molecule has 0 aliphatic rings. The van der Waals surface area contributed by atoms with Crippen molar-refractivity contribution < 1.29 is 0 Å². The molecule has 0 heterocycles. The second-order valence-corrected chi connectivity index (χ2v) is 14.2. The van der Waals surface area contributed by atoms with E-state index in [0.717, 1.165) is 4.44 Å². The Morgan fingerprint density at radius 3 is 1.95 bits per heavy atom. The molecule has 0 rings (SSSR count). The maximum atomic E-state index is 9.26. The molecule has 0 saturated heterocycles. The molecule has 0 fully saturated rings. The fourth-order valence-corrected chi connectivity index (χ4v) is 8.13. The van der Waals surface area contributed by atoms with Crippen LogP contribution in [0.2, 0.25) is 0 Å². The quantitative estimate of drug-likeness (QED) is 0.412. The lowest BCUT2D eigenvalue weighted by atomic mass is 10.1. The lowest BCUT2D eigenvalue weighted by Gasteiger charge is -2.16. The van der Waals surface area contributed by atoms with E-state index in [1.165, 1.54) is 0 Å². The van der Waals surface area contributed by atoms with E-state index in [1.54, 1.807) is 6.08 Å². The number of halogens is 1. The number of nitrogens with two attached hydrogens (primary N) is 2. The summed E-state index contributed by atoms with van der Waals surface area (Å²) in [7, 11) is -1.75. The van der Waals surface area contributed by atoms with E-state index in [4.69, 9.17) is 11.5 Å². The Kier molecular flexibility index (Phi) is 7.90. The van der Waals surface area contributed by atoms with Gasteiger partial charge in [0.2, 0.25) is 0 Å². The molecule has 0 unspecified atom stereocenters. The van der Waals surface area contributed by atoms with Gasteiger partial charge in [-0.15, -0.1) is 4.94 Å². The molecule has 0 atom stereocenters. The Hall–Kier alpha value is 0.175. The van der Waals surface area contributed by atoms with E-state index < -0.39 is 31.6 Å². The van der Waals surface area contributed by atoms with Crippen LogP contribution in [0.1, 0.15) is 27.7 Å². The summed E-state index contributed by atoms with van der Waals surface area (Å²) in [4.78, 5) is 2.00. The van der Waals surface area contributed by atoms with Crippen molar-refractivity contribution in [1.29, 1.82) is 10.5 Å². The van der Waals surface area contributed by atoms with E-state index in [-0.39, 0.29) is 4.40 Å². The van der Waals surface area contributed by atoms with Crippen LogP contribution in [0, 0.1) is 22.7 Å². The van der Waals surface area contributed by atoms with E-state index in [0.29, 0.717) is 4.44 Å². The van der Waals surface area contributed by atoms with Crippen molar-refractivity contribution in [1.82, 2.24) is 0 Å². The van der Waals surface area contributed by atoms with Crippen LogP contribution >= 0.6 is 20.3 Å². The Labute approximate surface area is 137 Å². The molecular formula is C12H19Al2IN4. The Morgan fingerprint density at radius 1 is 1.16 bits per heavy atom. The highest BCUT2D eigenvalue weighted by Crippen LogP contribution is 2.19. The summed E-state index contributed by atoms with van der Waals surface area (Å²) in [6.45, 7) is 7.63. The van der Waals surface area contributed by atoms with E-state index in [1.807, 2.05) is 32.6 Å². The number of allylic oxidation sites excluding steroid dienone is 2. The summed E-state index contributed by atoms with van der Waals surface area (Å²) >= 11 is 1.56. The standard InChI is InChI=1S/C6H9N2.C3H8N.C3HN.2Al.HI.H/c1-6(2,8)4-3-5-7;1-3(2)4;1-2-3-4;;;;/h4H,8H2,1-2H3;4H2,1-2H3;1H;;;1H;/q;;;;+1;;/p-1. The highest BCUT2D eigenvalue weighted by molar-refractivity contribution is 14.1. The number of nitriles is 2. The van der Waals surface area contributed by atoms with E-state index >= 15 is 0 Å². The summed E-state index contributed by atoms with van der Waals surface area (Å²) in [6.07, 6.45) is 1.77. The van der Waals surface area contributed by atoms with Gasteiger partial charge in [0.1, 0.15) is 0 Å². The summed E-state index contributed by atoms with van der Waals surface area (Å²) in [5.74, 6) is 0. The SMILES string of the molecule is CC(C)(N)/C=[C](\C#N)[Al]([I])/[C](C#N)=[CH]/[AlH][C](C)(C)N. The predicted molar refractivity (Wildman–Crippen MR) is 90.8 cm³/mol. The molecule has 7 heteroatoms. The third kappa shape index (κ3) is 8.85. The zero-order valence-electron chi connectivity index (χ0n) is 11.9. The van der Waals surface area contributed by atoms with Gasteiger partial charge in [-0.2, -0.15) is 30.8 Å². The average molecular weight is 400 g/mol. The van der Waals surface area contributed by atoms with Crippen molar-refractivity contribution in [2.45, 2.75) is 37.6 Å². The second kappa shape index (κ2) is 7.83. The lowest BCUT2D eigenvalue weighted by molar-refractivity contribution is 0.653. The first-order valence-electron chi connectivity index (χ1n) is 5.95. The fraction of sp³-hybridized carbons (Fsp3) is 0.500. The summed E-state index contributed by atoms with van der Waals surface area (Å²) in [5.41, 5.74) is 11.3. The molecule has 0 spiro atoms. The van der Waals surface area contributed by atoms with Crippen LogP contribution in [0.15, 0.2) is 19.9 Å². The molecule has 0 aliphatic carbocycles. The van der Waals surface area contributed by atoms with Gasteiger partial charge in [-0.3, -0.25) is 0 Å². The average Bonchev–Trinajstić information content (AvgIpc) is 2.23. The molecule has 4 nitrogen and oxygen atoms in total. The van der Waals surface area contributed by atoms with Crippen molar-refractivity contribution in [3.8, 4) is 12.1 Å². The summed E-state index contributed by atoms with van der Waals surface area (Å²) in [5, 5.41) is 18.5. The molecule has 0 aliphatic heterocycles. The lowest BCUT2D eigenvalue weighted by Crippen LogP contribution is -2.38. The molecule has 0 amide bonds. The van der Waals surface area contributed by atoms with Crippen LogP contribution in [0.25, 0.3) is 0 Å². The van der Waals surface area contributed by atoms with Crippen molar-refractivity contribution >= 4 is 46.4 Å². The smallest absolute Gasteiger partial charge is 0.338 e. The molecule has 19 heavy (non-hydrogen) atoms. The summed E-state index contributed by atoms with van der Waals surface area (Å²) in [6, 6.07) is 4.43. The molecule has 0 aromatic rings. The van der Waals surface area contributed by atoms with Gasteiger partial charge < -0.3 is 11.5 Å². The van der Waals surface area contributed by atoms with Gasteiger partial charge in [0.25, 0.3) is 15.2 Å². The van der Waals surface area contributed by atoms with Gasteiger partial charge in [-0.05, 0) is 27.1 Å². The van der Waals surface area contributed by atoms with Crippen molar-refractivity contribution in [3.63, 3.8) is 0 Å². The van der Waals surface area contributed by atoms with Crippen LogP contribution < -0.4 is 11.5 Å². The number of rotatable bonds is 5. The third-order valence-corrected chi connectivity index (χ3v) is 10.1. The van der Waals surface area contributed by atoms with Gasteiger partial charge in [0.15, 0.2) is 0 Å². The van der Waals surface area contributed by atoms with Gasteiger partial charge in [0.05, 0.1) is 12.1 Å². The Balaban J connectivity index is 5.26. The van der Waals surface area contributed by atoms with Gasteiger partial charge in [-0.25, -0.2) is 0 Å². The molecular weight excluding hydrogens is 381 g/mol. The highest BCUT2D eigenvalue weighted by atomic mass is 127. The largest absolute Gasteiger partial charge is 0.458 e. The minimum Gasteiger partial charge on any atom is -0.338 e. The number of nitrogens with zero attached hydrogens (tertiary/aromatic N) is 2. The first kappa shape index (κ1) is 19.2. The van der Waals surface area contributed by atoms with Gasteiger partial charge in [-0.1, -0.05) is 19.9 Å². The minimum atomic E-state index is -1.75. The van der Waals surface area contributed by atoms with Crippen LogP contribution in [0.4, 0.5) is 0 Å². The molecule has 100 valence electrons. The van der Waals surface area contributed by atoms with Gasteiger partial charge >= 0.3 is 10.9 Å². The number of hydrogen-bond acceptors (Lipinski definition) is 4. The maximum Gasteiger partial charge on any atom is 0.458 e.